The smallest absolute Gasteiger partial charge is 0.336 e. The van der Waals surface area contributed by atoms with Crippen molar-refractivity contribution in [3.05, 3.63) is 77.3 Å². The molecule has 4 aromatic rings. The number of fused-ring (bicyclic) bond motifs is 1. The molecule has 0 bridgehead atoms. The number of hydrogen-bond donors (Lipinski definition) is 1. The maximum absolute atomic E-state index is 12.5. The van der Waals surface area contributed by atoms with Gasteiger partial charge in [0.25, 0.3) is 5.91 Å². The van der Waals surface area contributed by atoms with E-state index >= 15 is 0 Å². The van der Waals surface area contributed by atoms with Gasteiger partial charge < -0.3 is 19.5 Å². The van der Waals surface area contributed by atoms with Gasteiger partial charge in [0, 0.05) is 11.3 Å². The lowest BCUT2D eigenvalue weighted by molar-refractivity contribution is 0.102. The normalized spacial score (nSPS) is 11.9. The van der Waals surface area contributed by atoms with Crippen molar-refractivity contribution in [2.45, 2.75) is 6.92 Å². The Hall–Kier alpha value is -4.04. The largest absolute Gasteiger partial charge is 0.463 e. The number of nitrogens with zero attached hydrogens (tertiary/aromatic N) is 3. The third-order valence-corrected chi connectivity index (χ3v) is 5.31. The highest BCUT2D eigenvalue weighted by molar-refractivity contribution is 6.34. The number of rotatable bonds is 6. The zero-order valence-corrected chi connectivity index (χ0v) is 18.4. The first-order chi connectivity index (χ1) is 16.1. The van der Waals surface area contributed by atoms with Crippen molar-refractivity contribution in [3.63, 3.8) is 0 Å². The Labute approximate surface area is 194 Å². The van der Waals surface area contributed by atoms with Gasteiger partial charge in [-0.1, -0.05) is 23.7 Å². The first-order valence-electron chi connectivity index (χ1n) is 10.3. The molecule has 0 fully saturated rings. The average Bonchev–Trinajstić information content (AvgIpc) is 3.46. The molecular weight excluding hydrogens is 444 g/mol. The SMILES string of the molecule is CCOc1nc(-c2ccc3c(c2)OCO3)n(-c2ccc(NC(=O)c3ccccc3Cl)cc2)n1. The van der Waals surface area contributed by atoms with Gasteiger partial charge in [0.2, 0.25) is 6.79 Å². The Bertz CT molecular complexity index is 1320. The van der Waals surface area contributed by atoms with Gasteiger partial charge >= 0.3 is 6.01 Å². The zero-order chi connectivity index (χ0) is 22.8. The summed E-state index contributed by atoms with van der Waals surface area (Å²) in [6, 6.07) is 20.0. The van der Waals surface area contributed by atoms with Crippen LogP contribution in [0.4, 0.5) is 5.69 Å². The molecule has 0 saturated carbocycles. The summed E-state index contributed by atoms with van der Waals surface area (Å²) in [4.78, 5) is 17.1. The van der Waals surface area contributed by atoms with Crippen molar-refractivity contribution in [3.8, 4) is 34.6 Å². The van der Waals surface area contributed by atoms with Gasteiger partial charge in [-0.05, 0) is 61.5 Å². The Kier molecular flexibility index (Phi) is 5.58. The molecular formula is C24H19ClN4O4. The summed E-state index contributed by atoms with van der Waals surface area (Å²) in [6.45, 7) is 2.51. The number of nitrogens with one attached hydrogen (secondary N) is 1. The van der Waals surface area contributed by atoms with Crippen LogP contribution in [0.25, 0.3) is 17.1 Å². The summed E-state index contributed by atoms with van der Waals surface area (Å²) in [7, 11) is 0. The van der Waals surface area contributed by atoms with E-state index < -0.39 is 0 Å². The van der Waals surface area contributed by atoms with Crippen molar-refractivity contribution >= 4 is 23.2 Å². The highest BCUT2D eigenvalue weighted by atomic mass is 35.5. The molecule has 3 aromatic carbocycles. The van der Waals surface area contributed by atoms with Crippen molar-refractivity contribution in [2.75, 3.05) is 18.7 Å². The molecule has 0 saturated heterocycles. The van der Waals surface area contributed by atoms with Crippen LogP contribution in [0.3, 0.4) is 0 Å². The molecule has 1 aliphatic rings. The van der Waals surface area contributed by atoms with Gasteiger partial charge in [0.05, 0.1) is 22.9 Å². The number of carbonyl (C=O) groups excluding carboxylic acids is 1. The Balaban J connectivity index is 1.44. The molecule has 2 heterocycles. The highest BCUT2D eigenvalue weighted by Gasteiger charge is 2.19. The number of ether oxygens (including phenoxy) is 3. The van der Waals surface area contributed by atoms with Gasteiger partial charge in [-0.3, -0.25) is 4.79 Å². The van der Waals surface area contributed by atoms with Crippen molar-refractivity contribution in [1.29, 1.82) is 0 Å². The van der Waals surface area contributed by atoms with Crippen LogP contribution in [0, 0.1) is 0 Å². The van der Waals surface area contributed by atoms with Gasteiger partial charge in [-0.25, -0.2) is 4.68 Å². The second kappa shape index (κ2) is 8.84. The first-order valence-corrected chi connectivity index (χ1v) is 10.7. The predicted molar refractivity (Wildman–Crippen MR) is 123 cm³/mol. The lowest BCUT2D eigenvalue weighted by Crippen LogP contribution is -2.12. The fourth-order valence-corrected chi connectivity index (χ4v) is 3.64. The molecule has 5 rings (SSSR count). The van der Waals surface area contributed by atoms with Crippen molar-refractivity contribution in [2.24, 2.45) is 0 Å². The number of aromatic nitrogens is 3. The van der Waals surface area contributed by atoms with E-state index in [-0.39, 0.29) is 18.7 Å². The van der Waals surface area contributed by atoms with Crippen LogP contribution < -0.4 is 19.5 Å². The summed E-state index contributed by atoms with van der Waals surface area (Å²) < 4.78 is 18.1. The number of hydrogen-bond acceptors (Lipinski definition) is 6. The van der Waals surface area contributed by atoms with Crippen LogP contribution in [0.1, 0.15) is 17.3 Å². The Morgan fingerprint density at radius 3 is 2.67 bits per heavy atom. The average molecular weight is 463 g/mol. The monoisotopic (exact) mass is 462 g/mol. The molecule has 9 heteroatoms. The molecule has 0 atom stereocenters. The van der Waals surface area contributed by atoms with Crippen molar-refractivity contribution in [1.82, 2.24) is 14.8 Å². The Morgan fingerprint density at radius 2 is 1.88 bits per heavy atom. The van der Waals surface area contributed by atoms with Gasteiger partial charge in [-0.2, -0.15) is 4.98 Å². The third-order valence-electron chi connectivity index (χ3n) is 4.98. The summed E-state index contributed by atoms with van der Waals surface area (Å²) in [5.41, 5.74) is 2.58. The summed E-state index contributed by atoms with van der Waals surface area (Å²) in [5, 5.41) is 7.74. The van der Waals surface area contributed by atoms with Gasteiger partial charge in [0.1, 0.15) is 0 Å². The van der Waals surface area contributed by atoms with E-state index in [4.69, 9.17) is 25.8 Å². The summed E-state index contributed by atoms with van der Waals surface area (Å²) in [5.74, 6) is 1.64. The summed E-state index contributed by atoms with van der Waals surface area (Å²) in [6.07, 6.45) is 0. The molecule has 8 nitrogen and oxygen atoms in total. The predicted octanol–water partition coefficient (Wildman–Crippen LogP) is 4.97. The highest BCUT2D eigenvalue weighted by Crippen LogP contribution is 2.36. The Morgan fingerprint density at radius 1 is 1.09 bits per heavy atom. The van der Waals surface area contributed by atoms with Gasteiger partial charge in [0.15, 0.2) is 17.3 Å². The van der Waals surface area contributed by atoms with E-state index in [0.717, 1.165) is 11.3 Å². The molecule has 0 radical (unpaired) electrons. The van der Waals surface area contributed by atoms with Crippen molar-refractivity contribution < 1.29 is 19.0 Å². The second-order valence-electron chi connectivity index (χ2n) is 7.11. The topological polar surface area (TPSA) is 87.5 Å². The zero-order valence-electron chi connectivity index (χ0n) is 17.6. The minimum Gasteiger partial charge on any atom is -0.463 e. The molecule has 0 unspecified atom stereocenters. The number of anilines is 1. The van der Waals surface area contributed by atoms with Crippen LogP contribution in [0.5, 0.6) is 17.5 Å². The van der Waals surface area contributed by atoms with E-state index in [0.29, 0.717) is 40.2 Å². The van der Waals surface area contributed by atoms with E-state index in [1.165, 1.54) is 0 Å². The number of halogens is 1. The van der Waals surface area contributed by atoms with Crippen LogP contribution in [-0.2, 0) is 0 Å². The standard InChI is InChI=1S/C24H19ClN4O4/c1-2-31-24-27-22(15-7-12-20-21(13-15)33-14-32-20)29(28-24)17-10-8-16(9-11-17)26-23(30)18-5-3-4-6-19(18)25/h3-13H,2,14H2,1H3,(H,26,30). The van der Waals surface area contributed by atoms with Gasteiger partial charge in [-0.15, -0.1) is 5.10 Å². The minimum absolute atomic E-state index is 0.192. The summed E-state index contributed by atoms with van der Waals surface area (Å²) >= 11 is 6.12. The molecule has 1 N–H and O–H groups in total. The van der Waals surface area contributed by atoms with E-state index in [9.17, 15) is 4.79 Å². The number of carbonyl (C=O) groups is 1. The minimum atomic E-state index is -0.284. The maximum Gasteiger partial charge on any atom is 0.336 e. The first kappa shape index (κ1) is 20.8. The molecule has 0 spiro atoms. The molecule has 1 aliphatic heterocycles. The fraction of sp³-hybridized carbons (Fsp3) is 0.125. The second-order valence-corrected chi connectivity index (χ2v) is 7.52. The maximum atomic E-state index is 12.5. The number of amides is 1. The van der Waals surface area contributed by atoms with E-state index in [1.54, 1.807) is 41.1 Å². The third kappa shape index (κ3) is 4.20. The molecule has 1 amide bonds. The van der Waals surface area contributed by atoms with E-state index in [2.05, 4.69) is 15.4 Å². The number of benzene rings is 3. The van der Waals surface area contributed by atoms with Crippen LogP contribution in [-0.4, -0.2) is 34.1 Å². The van der Waals surface area contributed by atoms with Crippen LogP contribution >= 0.6 is 11.6 Å². The lowest BCUT2D eigenvalue weighted by atomic mass is 10.2. The van der Waals surface area contributed by atoms with Crippen LogP contribution in [0.15, 0.2) is 66.7 Å². The fourth-order valence-electron chi connectivity index (χ4n) is 3.42. The molecule has 166 valence electrons. The quantitative estimate of drug-likeness (QED) is 0.435. The van der Waals surface area contributed by atoms with Crippen LogP contribution in [0.2, 0.25) is 5.02 Å². The molecule has 33 heavy (non-hydrogen) atoms. The molecule has 1 aromatic heterocycles. The lowest BCUT2D eigenvalue weighted by Gasteiger charge is -2.09. The molecule has 0 aliphatic carbocycles. The van der Waals surface area contributed by atoms with E-state index in [1.807, 2.05) is 37.3 Å².